The van der Waals surface area contributed by atoms with Gasteiger partial charge in [-0.15, -0.1) is 10.2 Å². The Morgan fingerprint density at radius 2 is 1.97 bits per heavy atom. The Kier molecular flexibility index (Phi) is 5.62. The molecule has 4 aromatic rings. The van der Waals surface area contributed by atoms with E-state index in [9.17, 15) is 9.18 Å². The minimum atomic E-state index is -0.334. The van der Waals surface area contributed by atoms with Crippen molar-refractivity contribution in [2.45, 2.75) is 17.8 Å². The molecule has 3 aromatic heterocycles. The van der Waals surface area contributed by atoms with E-state index < -0.39 is 0 Å². The van der Waals surface area contributed by atoms with E-state index in [1.54, 1.807) is 12.3 Å². The van der Waals surface area contributed by atoms with E-state index in [1.165, 1.54) is 34.4 Å². The number of pyridine rings is 1. The van der Waals surface area contributed by atoms with E-state index in [2.05, 4.69) is 20.1 Å². The summed E-state index contributed by atoms with van der Waals surface area (Å²) in [7, 11) is 0. The summed E-state index contributed by atoms with van der Waals surface area (Å²) in [5, 5.41) is 9.36. The number of nitrogens with zero attached hydrogens (tertiary/aromatic N) is 6. The minimum absolute atomic E-state index is 0.130. The van der Waals surface area contributed by atoms with Crippen molar-refractivity contribution >= 4 is 23.4 Å². The number of morpholine rings is 1. The van der Waals surface area contributed by atoms with Crippen molar-refractivity contribution in [3.8, 4) is 5.69 Å². The highest BCUT2D eigenvalue weighted by Crippen LogP contribution is 2.29. The number of aryl methyl sites for hydroxylation is 1. The summed E-state index contributed by atoms with van der Waals surface area (Å²) in [6, 6.07) is 11.6. The zero-order chi connectivity index (χ0) is 22.1. The third kappa shape index (κ3) is 4.11. The molecule has 0 amide bonds. The van der Waals surface area contributed by atoms with Gasteiger partial charge in [0.05, 0.1) is 24.6 Å². The fourth-order valence-corrected chi connectivity index (χ4v) is 4.48. The molecule has 0 aliphatic carbocycles. The summed E-state index contributed by atoms with van der Waals surface area (Å²) in [5.74, 6) is 0.735. The second kappa shape index (κ2) is 8.71. The number of fused-ring (bicyclic) bond motifs is 1. The van der Waals surface area contributed by atoms with Crippen LogP contribution in [0.4, 0.5) is 10.3 Å². The Bertz CT molecular complexity index is 1330. The van der Waals surface area contributed by atoms with E-state index in [1.807, 2.05) is 29.7 Å². The number of hydrogen-bond acceptors (Lipinski definition) is 7. The van der Waals surface area contributed by atoms with Gasteiger partial charge in [0, 0.05) is 31.1 Å². The first-order chi connectivity index (χ1) is 15.6. The molecule has 32 heavy (non-hydrogen) atoms. The molecule has 0 unspecified atom stereocenters. The van der Waals surface area contributed by atoms with Crippen molar-refractivity contribution in [2.75, 3.05) is 31.2 Å². The highest BCUT2D eigenvalue weighted by Gasteiger charge is 2.22. The van der Waals surface area contributed by atoms with Crippen LogP contribution in [0.15, 0.2) is 58.6 Å². The van der Waals surface area contributed by atoms with Crippen LogP contribution in [0.1, 0.15) is 11.3 Å². The third-order valence-electron chi connectivity index (χ3n) is 5.19. The summed E-state index contributed by atoms with van der Waals surface area (Å²) in [6.07, 6.45) is 1.77. The highest BCUT2D eigenvalue weighted by atomic mass is 32.2. The molecule has 4 heterocycles. The molecule has 1 aliphatic rings. The van der Waals surface area contributed by atoms with E-state index in [4.69, 9.17) is 4.74 Å². The smallest absolute Gasteiger partial charge is 0.258 e. The van der Waals surface area contributed by atoms with Crippen LogP contribution in [-0.2, 0) is 10.5 Å². The lowest BCUT2D eigenvalue weighted by molar-refractivity contribution is 0.122. The largest absolute Gasteiger partial charge is 0.378 e. The zero-order valence-electron chi connectivity index (χ0n) is 17.4. The lowest BCUT2D eigenvalue weighted by atomic mass is 10.3. The summed E-state index contributed by atoms with van der Waals surface area (Å²) in [6.45, 7) is 4.49. The van der Waals surface area contributed by atoms with Gasteiger partial charge in [-0.2, -0.15) is 0 Å². The van der Waals surface area contributed by atoms with Crippen molar-refractivity contribution in [3.63, 3.8) is 0 Å². The van der Waals surface area contributed by atoms with Crippen LogP contribution < -0.4 is 10.5 Å². The van der Waals surface area contributed by atoms with Gasteiger partial charge in [0.15, 0.2) is 5.16 Å². The van der Waals surface area contributed by atoms with Gasteiger partial charge >= 0.3 is 0 Å². The van der Waals surface area contributed by atoms with Crippen LogP contribution in [0.3, 0.4) is 0 Å². The third-order valence-corrected chi connectivity index (χ3v) is 6.15. The Labute approximate surface area is 187 Å². The molecule has 5 rings (SSSR count). The summed E-state index contributed by atoms with van der Waals surface area (Å²) >= 11 is 1.40. The molecule has 0 spiro atoms. The Morgan fingerprint density at radius 1 is 1.12 bits per heavy atom. The van der Waals surface area contributed by atoms with E-state index in [0.717, 1.165) is 5.56 Å². The maximum atomic E-state index is 14.0. The second-order valence-electron chi connectivity index (χ2n) is 7.51. The molecule has 0 atom stereocenters. The van der Waals surface area contributed by atoms with Crippen LogP contribution in [0.5, 0.6) is 0 Å². The summed E-state index contributed by atoms with van der Waals surface area (Å²) < 4.78 is 22.8. The molecule has 8 nitrogen and oxygen atoms in total. The van der Waals surface area contributed by atoms with Gasteiger partial charge in [-0.25, -0.2) is 9.37 Å². The quantitative estimate of drug-likeness (QED) is 0.431. The predicted octanol–water partition coefficient (Wildman–Crippen LogP) is 2.85. The normalized spacial score (nSPS) is 14.2. The minimum Gasteiger partial charge on any atom is -0.378 e. The van der Waals surface area contributed by atoms with Crippen LogP contribution in [-0.4, -0.2) is 50.5 Å². The summed E-state index contributed by atoms with van der Waals surface area (Å²) in [4.78, 5) is 19.2. The molecule has 1 aromatic carbocycles. The van der Waals surface area contributed by atoms with Crippen molar-refractivity contribution in [1.82, 2.24) is 24.1 Å². The van der Waals surface area contributed by atoms with Gasteiger partial charge < -0.3 is 9.64 Å². The number of halogens is 1. The molecular weight excluding hydrogens is 431 g/mol. The molecule has 1 aliphatic heterocycles. The standard InChI is InChI=1S/C22H21FN6O2S/c1-15-5-6-19-24-17(12-20(30)28(19)13-15)14-32-22-26-25-21(27-7-9-31-10-8-27)29(22)18-4-2-3-16(23)11-18/h2-6,11-13H,7-10,14H2,1H3. The number of thioether (sulfide) groups is 1. The average Bonchev–Trinajstić information content (AvgIpc) is 3.23. The van der Waals surface area contributed by atoms with Crippen molar-refractivity contribution < 1.29 is 9.13 Å². The molecule has 1 fully saturated rings. The van der Waals surface area contributed by atoms with Gasteiger partial charge in [0.25, 0.3) is 5.56 Å². The van der Waals surface area contributed by atoms with E-state index in [-0.39, 0.29) is 11.4 Å². The van der Waals surface area contributed by atoms with Crippen LogP contribution in [0.2, 0.25) is 0 Å². The lowest BCUT2D eigenvalue weighted by Gasteiger charge is -2.27. The monoisotopic (exact) mass is 452 g/mol. The molecule has 10 heteroatoms. The van der Waals surface area contributed by atoms with Crippen LogP contribution in [0, 0.1) is 12.7 Å². The number of anilines is 1. The fourth-order valence-electron chi connectivity index (χ4n) is 3.64. The molecular formula is C22H21FN6O2S. The molecule has 0 bridgehead atoms. The van der Waals surface area contributed by atoms with Crippen molar-refractivity contribution in [1.29, 1.82) is 0 Å². The van der Waals surface area contributed by atoms with Gasteiger partial charge in [0.1, 0.15) is 11.5 Å². The lowest BCUT2D eigenvalue weighted by Crippen LogP contribution is -2.37. The van der Waals surface area contributed by atoms with Crippen molar-refractivity contribution in [2.24, 2.45) is 0 Å². The summed E-state index contributed by atoms with van der Waals surface area (Å²) in [5.41, 5.74) is 2.74. The highest BCUT2D eigenvalue weighted by molar-refractivity contribution is 7.98. The average molecular weight is 453 g/mol. The number of aromatic nitrogens is 5. The number of hydrogen-bond donors (Lipinski definition) is 0. The zero-order valence-corrected chi connectivity index (χ0v) is 18.3. The van der Waals surface area contributed by atoms with Crippen LogP contribution in [0.25, 0.3) is 11.3 Å². The molecule has 1 saturated heterocycles. The van der Waals surface area contributed by atoms with Crippen LogP contribution >= 0.6 is 11.8 Å². The molecule has 0 N–H and O–H groups in total. The van der Waals surface area contributed by atoms with Gasteiger partial charge in [0.2, 0.25) is 5.95 Å². The first-order valence-corrected chi connectivity index (χ1v) is 11.2. The maximum absolute atomic E-state index is 14.0. The second-order valence-corrected chi connectivity index (χ2v) is 8.45. The predicted molar refractivity (Wildman–Crippen MR) is 120 cm³/mol. The molecule has 0 saturated carbocycles. The van der Waals surface area contributed by atoms with Gasteiger partial charge in [-0.3, -0.25) is 13.8 Å². The van der Waals surface area contributed by atoms with Gasteiger partial charge in [-0.05, 0) is 36.8 Å². The Morgan fingerprint density at radius 3 is 2.78 bits per heavy atom. The maximum Gasteiger partial charge on any atom is 0.258 e. The SMILES string of the molecule is Cc1ccc2nc(CSc3nnc(N4CCOCC4)n3-c3cccc(F)c3)cc(=O)n2c1. The van der Waals surface area contributed by atoms with Crippen molar-refractivity contribution in [3.05, 3.63) is 76.1 Å². The Balaban J connectivity index is 1.48. The topological polar surface area (TPSA) is 77.5 Å². The first-order valence-electron chi connectivity index (χ1n) is 10.2. The van der Waals surface area contributed by atoms with E-state index >= 15 is 0 Å². The number of rotatable bonds is 5. The fraction of sp³-hybridized carbons (Fsp3) is 0.273. The molecule has 0 radical (unpaired) electrons. The first kappa shape index (κ1) is 20.7. The molecule has 164 valence electrons. The number of benzene rings is 1. The Hall–Kier alpha value is -3.24. The number of ether oxygens (including phenoxy) is 1. The van der Waals surface area contributed by atoms with Gasteiger partial charge in [-0.1, -0.05) is 23.9 Å². The van der Waals surface area contributed by atoms with E-state index in [0.29, 0.717) is 60.2 Å².